The lowest BCUT2D eigenvalue weighted by Crippen LogP contribution is -2.29. The molecule has 0 saturated heterocycles. The van der Waals surface area contributed by atoms with Crippen LogP contribution in [0.3, 0.4) is 0 Å². The number of nitrogens with one attached hydrogen (secondary N) is 2. The quantitative estimate of drug-likeness (QED) is 0.367. The molecule has 0 unspecified atom stereocenters. The van der Waals surface area contributed by atoms with Crippen molar-refractivity contribution in [2.75, 3.05) is 45.9 Å². The highest BCUT2D eigenvalue weighted by Crippen LogP contribution is 2.38. The monoisotopic (exact) mass is 490 g/mol. The van der Waals surface area contributed by atoms with Gasteiger partial charge in [0, 0.05) is 18.5 Å². The fraction of sp³-hybridized carbons (Fsp3) is 0.458. The van der Waals surface area contributed by atoms with E-state index >= 15 is 0 Å². The van der Waals surface area contributed by atoms with E-state index in [9.17, 15) is 14.4 Å². The number of amides is 2. The Morgan fingerprint density at radius 2 is 1.88 bits per heavy atom. The Kier molecular flexibility index (Phi) is 9.29. The molecule has 2 aromatic rings. The number of esters is 1. The molecule has 10 heteroatoms. The first-order valence-corrected chi connectivity index (χ1v) is 12.0. The molecule has 0 spiro atoms. The van der Waals surface area contributed by atoms with Crippen molar-refractivity contribution in [1.82, 2.24) is 5.32 Å². The summed E-state index contributed by atoms with van der Waals surface area (Å²) in [6, 6.07) is 4.66. The average molecular weight is 491 g/mol. The molecule has 184 valence electrons. The number of fused-ring (bicyclic) bond motifs is 1. The maximum Gasteiger partial charge on any atom is 0.338 e. The number of hydrogen-bond donors (Lipinski definition) is 2. The van der Waals surface area contributed by atoms with Crippen LogP contribution in [0.1, 0.15) is 50.9 Å². The summed E-state index contributed by atoms with van der Waals surface area (Å²) >= 11 is 1.40. The maximum absolute atomic E-state index is 12.8. The summed E-state index contributed by atoms with van der Waals surface area (Å²) in [6.45, 7) is 2.59. The standard InChI is InChI=1S/C24H30N2O7S/c1-4-32-17-10-9-15(13-18(17)31-3)24(29)33-14-20(27)26-23-21(22(28)25-11-12-30-2)16-7-5-6-8-19(16)34-23/h9-10,13H,4-8,11-12,14H2,1-3H3,(H,25,28)(H,26,27). The van der Waals surface area contributed by atoms with Gasteiger partial charge in [0.1, 0.15) is 5.00 Å². The van der Waals surface area contributed by atoms with Gasteiger partial charge in [0.15, 0.2) is 18.1 Å². The Hall–Kier alpha value is -3.11. The minimum atomic E-state index is -0.667. The van der Waals surface area contributed by atoms with Gasteiger partial charge in [-0.05, 0) is 56.4 Å². The van der Waals surface area contributed by atoms with Gasteiger partial charge in [0.25, 0.3) is 11.8 Å². The lowest BCUT2D eigenvalue weighted by Gasteiger charge is -2.13. The van der Waals surface area contributed by atoms with Gasteiger partial charge in [-0.2, -0.15) is 0 Å². The number of carbonyl (C=O) groups is 3. The molecule has 9 nitrogen and oxygen atoms in total. The normalized spacial score (nSPS) is 12.4. The van der Waals surface area contributed by atoms with E-state index in [0.717, 1.165) is 36.1 Å². The maximum atomic E-state index is 12.8. The van der Waals surface area contributed by atoms with Crippen molar-refractivity contribution in [2.24, 2.45) is 0 Å². The molecule has 34 heavy (non-hydrogen) atoms. The molecule has 0 fully saturated rings. The van der Waals surface area contributed by atoms with Crippen LogP contribution in [0.2, 0.25) is 0 Å². The lowest BCUT2D eigenvalue weighted by atomic mass is 9.95. The van der Waals surface area contributed by atoms with Gasteiger partial charge in [-0.3, -0.25) is 9.59 Å². The van der Waals surface area contributed by atoms with E-state index in [4.69, 9.17) is 18.9 Å². The second-order valence-electron chi connectivity index (χ2n) is 7.59. The highest BCUT2D eigenvalue weighted by molar-refractivity contribution is 7.17. The molecular weight excluding hydrogens is 460 g/mol. The van der Waals surface area contributed by atoms with E-state index in [1.807, 2.05) is 6.92 Å². The first kappa shape index (κ1) is 25.5. The highest BCUT2D eigenvalue weighted by Gasteiger charge is 2.26. The van der Waals surface area contributed by atoms with E-state index in [0.29, 0.717) is 41.8 Å². The van der Waals surface area contributed by atoms with Crippen molar-refractivity contribution in [1.29, 1.82) is 0 Å². The molecule has 1 aliphatic rings. The predicted molar refractivity (Wildman–Crippen MR) is 128 cm³/mol. The first-order chi connectivity index (χ1) is 16.5. The Morgan fingerprint density at radius 3 is 2.62 bits per heavy atom. The number of thiophene rings is 1. The van der Waals surface area contributed by atoms with Gasteiger partial charge < -0.3 is 29.6 Å². The third-order valence-corrected chi connectivity index (χ3v) is 6.48. The molecule has 0 bridgehead atoms. The van der Waals surface area contributed by atoms with Crippen LogP contribution in [-0.4, -0.2) is 58.4 Å². The summed E-state index contributed by atoms with van der Waals surface area (Å²) in [5, 5.41) is 6.07. The summed E-state index contributed by atoms with van der Waals surface area (Å²) in [5.74, 6) is -0.521. The van der Waals surface area contributed by atoms with Crippen LogP contribution in [0.25, 0.3) is 0 Å². The van der Waals surface area contributed by atoms with Crippen LogP contribution >= 0.6 is 11.3 Å². The van der Waals surface area contributed by atoms with Crippen LogP contribution < -0.4 is 20.1 Å². The average Bonchev–Trinajstić information content (AvgIpc) is 3.20. The van der Waals surface area contributed by atoms with Gasteiger partial charge in [0.05, 0.1) is 31.5 Å². The largest absolute Gasteiger partial charge is 0.493 e. The smallest absolute Gasteiger partial charge is 0.338 e. The van der Waals surface area contributed by atoms with Gasteiger partial charge in [-0.1, -0.05) is 0 Å². The molecule has 1 aliphatic carbocycles. The third-order valence-electron chi connectivity index (χ3n) is 5.28. The SMILES string of the molecule is CCOc1ccc(C(=O)OCC(=O)Nc2sc3c(c2C(=O)NCCOC)CCCC3)cc1OC. The summed E-state index contributed by atoms with van der Waals surface area (Å²) < 4.78 is 20.9. The number of benzene rings is 1. The second kappa shape index (κ2) is 12.4. The summed E-state index contributed by atoms with van der Waals surface area (Å²) in [4.78, 5) is 39.0. The minimum absolute atomic E-state index is 0.234. The molecule has 1 heterocycles. The predicted octanol–water partition coefficient (Wildman–Crippen LogP) is 3.21. The van der Waals surface area contributed by atoms with Crippen molar-refractivity contribution in [3.63, 3.8) is 0 Å². The van der Waals surface area contributed by atoms with Gasteiger partial charge in [-0.25, -0.2) is 4.79 Å². The van der Waals surface area contributed by atoms with Gasteiger partial charge >= 0.3 is 5.97 Å². The first-order valence-electron chi connectivity index (χ1n) is 11.2. The number of aryl methyl sites for hydroxylation is 1. The highest BCUT2D eigenvalue weighted by atomic mass is 32.1. The van der Waals surface area contributed by atoms with Crippen LogP contribution in [0.15, 0.2) is 18.2 Å². The topological polar surface area (TPSA) is 112 Å². The number of anilines is 1. The number of carbonyl (C=O) groups excluding carboxylic acids is 3. The molecule has 0 atom stereocenters. The number of hydrogen-bond acceptors (Lipinski definition) is 8. The van der Waals surface area contributed by atoms with Crippen LogP contribution in [0, 0.1) is 0 Å². The Morgan fingerprint density at radius 1 is 1.09 bits per heavy atom. The van der Waals surface area contributed by atoms with E-state index in [1.54, 1.807) is 19.2 Å². The van der Waals surface area contributed by atoms with E-state index < -0.39 is 18.5 Å². The third kappa shape index (κ3) is 6.27. The lowest BCUT2D eigenvalue weighted by molar-refractivity contribution is -0.119. The Labute approximate surface area is 202 Å². The van der Waals surface area contributed by atoms with Crippen LogP contribution in [0.5, 0.6) is 11.5 Å². The van der Waals surface area contributed by atoms with E-state index in [-0.39, 0.29) is 11.5 Å². The Bertz CT molecular complexity index is 1030. The van der Waals surface area contributed by atoms with Crippen molar-refractivity contribution < 1.29 is 33.3 Å². The van der Waals surface area contributed by atoms with E-state index in [2.05, 4.69) is 10.6 Å². The zero-order chi connectivity index (χ0) is 24.5. The molecule has 1 aromatic carbocycles. The van der Waals surface area contributed by atoms with E-state index in [1.165, 1.54) is 24.5 Å². The second-order valence-corrected chi connectivity index (χ2v) is 8.69. The zero-order valence-electron chi connectivity index (χ0n) is 19.7. The zero-order valence-corrected chi connectivity index (χ0v) is 20.5. The molecule has 1 aromatic heterocycles. The van der Waals surface area contributed by atoms with Crippen LogP contribution in [0.4, 0.5) is 5.00 Å². The Balaban J connectivity index is 1.66. The van der Waals surface area contributed by atoms with Crippen molar-refractivity contribution in [2.45, 2.75) is 32.6 Å². The molecule has 2 N–H and O–H groups in total. The molecule has 0 aliphatic heterocycles. The molecule has 3 rings (SSSR count). The van der Waals surface area contributed by atoms with Gasteiger partial charge in [0.2, 0.25) is 0 Å². The number of methoxy groups -OCH3 is 2. The van der Waals surface area contributed by atoms with Crippen molar-refractivity contribution in [3.05, 3.63) is 39.8 Å². The molecular formula is C24H30N2O7S. The number of rotatable bonds is 11. The van der Waals surface area contributed by atoms with Crippen LogP contribution in [-0.2, 0) is 27.1 Å². The fourth-order valence-electron chi connectivity index (χ4n) is 3.70. The molecule has 0 radical (unpaired) electrons. The summed E-state index contributed by atoms with van der Waals surface area (Å²) in [5.41, 5.74) is 1.71. The summed E-state index contributed by atoms with van der Waals surface area (Å²) in [6.07, 6.45) is 3.72. The van der Waals surface area contributed by atoms with Crippen molar-refractivity contribution >= 4 is 34.1 Å². The minimum Gasteiger partial charge on any atom is -0.493 e. The molecule has 2 amide bonds. The van der Waals surface area contributed by atoms with Crippen molar-refractivity contribution in [3.8, 4) is 11.5 Å². The number of ether oxygens (including phenoxy) is 4. The van der Waals surface area contributed by atoms with Gasteiger partial charge in [-0.15, -0.1) is 11.3 Å². The molecule has 0 saturated carbocycles. The fourth-order valence-corrected chi connectivity index (χ4v) is 5.00. The summed E-state index contributed by atoms with van der Waals surface area (Å²) in [7, 11) is 3.04.